The van der Waals surface area contributed by atoms with Crippen molar-refractivity contribution in [1.29, 1.82) is 5.41 Å². The van der Waals surface area contributed by atoms with Crippen molar-refractivity contribution in [2.24, 2.45) is 16.5 Å². The maximum atomic E-state index is 6.52. The van der Waals surface area contributed by atoms with Gasteiger partial charge >= 0.3 is 0 Å². The summed E-state index contributed by atoms with van der Waals surface area (Å²) in [4.78, 5) is 3.38. The summed E-state index contributed by atoms with van der Waals surface area (Å²) in [5.41, 5.74) is 9.75. The molecule has 46 valence electrons. The van der Waals surface area contributed by atoms with E-state index in [2.05, 4.69) is 9.73 Å². The van der Waals surface area contributed by atoms with Gasteiger partial charge in [-0.2, -0.15) is 0 Å². The molecule has 5 nitrogen and oxygen atoms in total. The minimum absolute atomic E-state index is 0.0995. The van der Waals surface area contributed by atoms with Crippen LogP contribution >= 0.6 is 0 Å². The summed E-state index contributed by atoms with van der Waals surface area (Å²) < 4.78 is 4.29. The normalized spacial score (nSPS) is 10.9. The van der Waals surface area contributed by atoms with Gasteiger partial charge in [-0.25, -0.2) is 4.99 Å². The van der Waals surface area contributed by atoms with E-state index in [0.29, 0.717) is 0 Å². The molecule has 0 aromatic heterocycles. The molecule has 0 saturated carbocycles. The minimum atomic E-state index is -0.451. The molecule has 0 radical (unpaired) electrons. The number of ether oxygens (including phenoxy) is 1. The SMILES string of the molecule is CN=C(N)OC(=N)N. The average molecular weight is 116 g/mol. The number of hydrogen-bond acceptors (Lipinski definition) is 3. The molecule has 0 amide bonds. The Balaban J connectivity index is 3.56. The van der Waals surface area contributed by atoms with Crippen LogP contribution in [0.1, 0.15) is 0 Å². The Bertz CT molecular complexity index is 118. The second-order valence-electron chi connectivity index (χ2n) is 1.03. The predicted octanol–water partition coefficient (Wildman–Crippen LogP) is -1.16. The topological polar surface area (TPSA) is 97.5 Å². The third-order valence-corrected chi connectivity index (χ3v) is 0.435. The van der Waals surface area contributed by atoms with Crippen molar-refractivity contribution in [3.63, 3.8) is 0 Å². The highest BCUT2D eigenvalue weighted by Gasteiger charge is 1.89. The van der Waals surface area contributed by atoms with E-state index in [1.165, 1.54) is 7.05 Å². The van der Waals surface area contributed by atoms with Crippen molar-refractivity contribution in [3.8, 4) is 0 Å². The van der Waals surface area contributed by atoms with Crippen molar-refractivity contribution in [1.82, 2.24) is 0 Å². The molecule has 0 aliphatic rings. The van der Waals surface area contributed by atoms with Gasteiger partial charge in [-0.05, 0) is 0 Å². The molecule has 0 spiro atoms. The van der Waals surface area contributed by atoms with E-state index in [1.807, 2.05) is 0 Å². The lowest BCUT2D eigenvalue weighted by molar-refractivity contribution is 0.521. The molecule has 0 bridgehead atoms. The molecule has 0 rings (SSSR count). The van der Waals surface area contributed by atoms with Gasteiger partial charge in [0.05, 0.1) is 0 Å². The first-order valence-electron chi connectivity index (χ1n) is 1.91. The third kappa shape index (κ3) is 2.95. The molecule has 0 atom stereocenters. The average Bonchev–Trinajstić information content (AvgIpc) is 1.65. The summed E-state index contributed by atoms with van der Waals surface area (Å²) in [6, 6.07) is -0.550. The Morgan fingerprint density at radius 1 is 1.62 bits per heavy atom. The zero-order chi connectivity index (χ0) is 6.57. The highest BCUT2D eigenvalue weighted by Crippen LogP contribution is 1.68. The Morgan fingerprint density at radius 2 is 2.12 bits per heavy atom. The van der Waals surface area contributed by atoms with E-state index in [9.17, 15) is 0 Å². The predicted molar refractivity (Wildman–Crippen MR) is 30.5 cm³/mol. The smallest absolute Gasteiger partial charge is 0.289 e. The number of nitrogens with one attached hydrogen (secondary N) is 1. The van der Waals surface area contributed by atoms with E-state index in [4.69, 9.17) is 16.9 Å². The fraction of sp³-hybridized carbons (Fsp3) is 0.333. The summed E-state index contributed by atoms with van der Waals surface area (Å²) in [6.45, 7) is 0. The van der Waals surface area contributed by atoms with Gasteiger partial charge in [-0.15, -0.1) is 0 Å². The molecule has 0 aromatic carbocycles. The number of amidine groups is 2. The van der Waals surface area contributed by atoms with Gasteiger partial charge in [0.2, 0.25) is 0 Å². The van der Waals surface area contributed by atoms with Crippen LogP contribution in [-0.4, -0.2) is 19.1 Å². The number of nitrogens with zero attached hydrogens (tertiary/aromatic N) is 1. The van der Waals surface area contributed by atoms with Crippen LogP contribution in [0, 0.1) is 5.41 Å². The third-order valence-electron chi connectivity index (χ3n) is 0.435. The van der Waals surface area contributed by atoms with E-state index in [1.54, 1.807) is 0 Å². The summed E-state index contributed by atoms with van der Waals surface area (Å²) in [5.74, 6) is 0. The fourth-order valence-electron chi connectivity index (χ4n) is 0.158. The van der Waals surface area contributed by atoms with Gasteiger partial charge in [0, 0.05) is 7.05 Å². The first kappa shape index (κ1) is 6.74. The largest absolute Gasteiger partial charge is 0.393 e. The Morgan fingerprint density at radius 3 is 2.25 bits per heavy atom. The maximum Gasteiger partial charge on any atom is 0.289 e. The molecule has 0 saturated heterocycles. The van der Waals surface area contributed by atoms with Crippen LogP contribution in [-0.2, 0) is 4.74 Å². The molecule has 5 N–H and O–H groups in total. The molecule has 5 heteroatoms. The number of nitrogens with two attached hydrogens (primary N) is 2. The zero-order valence-corrected chi connectivity index (χ0v) is 4.51. The lowest BCUT2D eigenvalue weighted by Gasteiger charge is -1.96. The summed E-state index contributed by atoms with van der Waals surface area (Å²) in [5, 5.41) is 6.52. The number of rotatable bonds is 0. The van der Waals surface area contributed by atoms with Gasteiger partial charge in [-0.3, -0.25) is 5.41 Å². The van der Waals surface area contributed by atoms with E-state index < -0.39 is 6.02 Å². The molecule has 0 aromatic rings. The second kappa shape index (κ2) is 2.84. The van der Waals surface area contributed by atoms with Crippen LogP contribution in [0.4, 0.5) is 0 Å². The first-order valence-corrected chi connectivity index (χ1v) is 1.91. The standard InChI is InChI=1S/C3H8N4O/c1-7-3(6)8-2(4)5/h1H3,(H3,4,5)(H2,6,7). The highest BCUT2D eigenvalue weighted by atomic mass is 16.5. The molecule has 8 heavy (non-hydrogen) atoms. The highest BCUT2D eigenvalue weighted by molar-refractivity contribution is 5.85. The van der Waals surface area contributed by atoms with Crippen LogP contribution in [0.2, 0.25) is 0 Å². The van der Waals surface area contributed by atoms with Crippen LogP contribution in [0.3, 0.4) is 0 Å². The van der Waals surface area contributed by atoms with E-state index >= 15 is 0 Å². The van der Waals surface area contributed by atoms with Crippen LogP contribution in [0.5, 0.6) is 0 Å². The number of aliphatic imine (C=N–C) groups is 1. The Hall–Kier alpha value is -1.26. The number of hydrogen-bond donors (Lipinski definition) is 3. The van der Waals surface area contributed by atoms with Crippen LogP contribution in [0.25, 0.3) is 0 Å². The lowest BCUT2D eigenvalue weighted by Crippen LogP contribution is -2.25. The first-order chi connectivity index (χ1) is 3.66. The zero-order valence-electron chi connectivity index (χ0n) is 4.51. The molecule has 0 aliphatic carbocycles. The van der Waals surface area contributed by atoms with Gasteiger partial charge in [0.15, 0.2) is 0 Å². The van der Waals surface area contributed by atoms with Crippen molar-refractivity contribution in [2.75, 3.05) is 7.05 Å². The van der Waals surface area contributed by atoms with E-state index in [0.717, 1.165) is 0 Å². The van der Waals surface area contributed by atoms with Crippen LogP contribution in [0.15, 0.2) is 4.99 Å². The van der Waals surface area contributed by atoms with Crippen molar-refractivity contribution in [2.45, 2.75) is 0 Å². The fourth-order valence-corrected chi connectivity index (χ4v) is 0.158. The summed E-state index contributed by atoms with van der Waals surface area (Å²) in [6.07, 6.45) is 0. The van der Waals surface area contributed by atoms with Crippen molar-refractivity contribution in [3.05, 3.63) is 0 Å². The van der Waals surface area contributed by atoms with Gasteiger partial charge in [0.25, 0.3) is 12.0 Å². The van der Waals surface area contributed by atoms with Crippen molar-refractivity contribution < 1.29 is 4.74 Å². The monoisotopic (exact) mass is 116 g/mol. The maximum absolute atomic E-state index is 6.52. The van der Waals surface area contributed by atoms with Crippen LogP contribution < -0.4 is 11.5 Å². The Labute approximate surface area is 46.8 Å². The molecular weight excluding hydrogens is 108 g/mol. The molecule has 0 fully saturated rings. The second-order valence-corrected chi connectivity index (χ2v) is 1.03. The Kier molecular flexibility index (Phi) is 2.39. The molecule has 0 heterocycles. The molecular formula is C3H8N4O. The quantitative estimate of drug-likeness (QED) is 0.275. The van der Waals surface area contributed by atoms with Gasteiger partial charge < -0.3 is 16.2 Å². The molecule has 0 aliphatic heterocycles. The van der Waals surface area contributed by atoms with Crippen molar-refractivity contribution >= 4 is 12.0 Å². The summed E-state index contributed by atoms with van der Waals surface area (Å²) >= 11 is 0. The summed E-state index contributed by atoms with van der Waals surface area (Å²) in [7, 11) is 1.44. The van der Waals surface area contributed by atoms with Gasteiger partial charge in [-0.1, -0.05) is 0 Å². The van der Waals surface area contributed by atoms with E-state index in [-0.39, 0.29) is 6.02 Å². The minimum Gasteiger partial charge on any atom is -0.393 e. The lowest BCUT2D eigenvalue weighted by atomic mass is 11.0. The van der Waals surface area contributed by atoms with Gasteiger partial charge in [0.1, 0.15) is 0 Å². The molecule has 0 unspecified atom stereocenters.